The normalized spacial score (nSPS) is 17.0. The van der Waals surface area contributed by atoms with Gasteiger partial charge in [-0.05, 0) is 50.0 Å². The predicted octanol–water partition coefficient (Wildman–Crippen LogP) is 1.63. The largest absolute Gasteiger partial charge is 0.468 e. The summed E-state index contributed by atoms with van der Waals surface area (Å²) in [6, 6.07) is 5.16. The molecule has 0 unspecified atom stereocenters. The second kappa shape index (κ2) is 7.69. The molecule has 136 valence electrons. The molecule has 3 heterocycles. The molecular formula is C16H21N3O4S2. The molecule has 7 nitrogen and oxygen atoms in total. The Kier molecular flexibility index (Phi) is 5.57. The highest BCUT2D eigenvalue weighted by Gasteiger charge is 2.23. The average molecular weight is 383 g/mol. The van der Waals surface area contributed by atoms with Crippen molar-refractivity contribution in [3.8, 4) is 0 Å². The highest BCUT2D eigenvalue weighted by atomic mass is 32.2. The predicted molar refractivity (Wildman–Crippen MR) is 94.7 cm³/mol. The number of nitrogens with one attached hydrogen (secondary N) is 1. The molecule has 0 spiro atoms. The summed E-state index contributed by atoms with van der Waals surface area (Å²) >= 11 is 1.04. The van der Waals surface area contributed by atoms with Crippen LogP contribution in [0.4, 0.5) is 0 Å². The summed E-state index contributed by atoms with van der Waals surface area (Å²) in [5.41, 5.74) is 5.17. The summed E-state index contributed by atoms with van der Waals surface area (Å²) in [5, 5.41) is 1.44. The van der Waals surface area contributed by atoms with E-state index in [1.54, 1.807) is 6.26 Å². The van der Waals surface area contributed by atoms with Crippen LogP contribution in [0.5, 0.6) is 0 Å². The van der Waals surface area contributed by atoms with Gasteiger partial charge in [-0.1, -0.05) is 0 Å². The smallest absolute Gasteiger partial charge is 0.258 e. The quantitative estimate of drug-likeness (QED) is 0.756. The molecule has 1 saturated heterocycles. The lowest BCUT2D eigenvalue weighted by Crippen LogP contribution is -2.38. The van der Waals surface area contributed by atoms with Crippen molar-refractivity contribution in [3.63, 3.8) is 0 Å². The fourth-order valence-electron chi connectivity index (χ4n) is 2.87. The van der Waals surface area contributed by atoms with Crippen molar-refractivity contribution in [2.75, 3.05) is 19.6 Å². The fourth-order valence-corrected chi connectivity index (χ4v) is 5.11. The third kappa shape index (κ3) is 4.69. The number of hydrogen-bond donors (Lipinski definition) is 2. The van der Waals surface area contributed by atoms with Crippen molar-refractivity contribution in [1.82, 2.24) is 9.62 Å². The van der Waals surface area contributed by atoms with Gasteiger partial charge in [0.1, 0.15) is 5.76 Å². The number of piperidine rings is 1. The zero-order chi connectivity index (χ0) is 17.9. The summed E-state index contributed by atoms with van der Waals surface area (Å²) < 4.78 is 32.6. The fraction of sp³-hybridized carbons (Fsp3) is 0.438. The van der Waals surface area contributed by atoms with Crippen LogP contribution in [0.2, 0.25) is 0 Å². The Hall–Kier alpha value is -1.68. The first-order valence-electron chi connectivity index (χ1n) is 8.07. The molecule has 0 radical (unpaired) electrons. The SMILES string of the molecule is NC(=O)c1cc(S(=O)(=O)NCC2CCN(Cc3ccco3)CC2)cs1. The molecule has 1 fully saturated rings. The third-order valence-electron chi connectivity index (χ3n) is 4.36. The Bertz CT molecular complexity index is 806. The van der Waals surface area contributed by atoms with Gasteiger partial charge in [0, 0.05) is 11.9 Å². The maximum absolute atomic E-state index is 12.3. The monoisotopic (exact) mass is 383 g/mol. The maximum Gasteiger partial charge on any atom is 0.258 e. The van der Waals surface area contributed by atoms with Gasteiger partial charge in [-0.25, -0.2) is 13.1 Å². The van der Waals surface area contributed by atoms with Crippen LogP contribution in [0, 0.1) is 5.92 Å². The van der Waals surface area contributed by atoms with E-state index in [2.05, 4.69) is 9.62 Å². The number of nitrogens with zero attached hydrogens (tertiary/aromatic N) is 1. The summed E-state index contributed by atoms with van der Waals surface area (Å²) in [5.74, 6) is 0.633. The number of sulfonamides is 1. The lowest BCUT2D eigenvalue weighted by Gasteiger charge is -2.31. The van der Waals surface area contributed by atoms with Gasteiger partial charge in [0.25, 0.3) is 5.91 Å². The molecule has 1 aliphatic heterocycles. The molecule has 2 aromatic heterocycles. The van der Waals surface area contributed by atoms with Crippen LogP contribution < -0.4 is 10.5 Å². The van der Waals surface area contributed by atoms with E-state index in [4.69, 9.17) is 10.2 Å². The molecule has 25 heavy (non-hydrogen) atoms. The first kappa shape index (κ1) is 18.1. The van der Waals surface area contributed by atoms with Crippen molar-refractivity contribution in [1.29, 1.82) is 0 Å². The van der Waals surface area contributed by atoms with Gasteiger partial charge in [-0.3, -0.25) is 9.69 Å². The average Bonchev–Trinajstić information content (AvgIpc) is 3.26. The van der Waals surface area contributed by atoms with Crippen LogP contribution in [-0.4, -0.2) is 38.9 Å². The standard InChI is InChI=1S/C16H21N3O4S2/c17-16(20)15-8-14(11-24-15)25(21,22)18-9-12-3-5-19(6-4-12)10-13-2-1-7-23-13/h1-2,7-8,11-12,18H,3-6,9-10H2,(H2,17,20). The van der Waals surface area contributed by atoms with Gasteiger partial charge in [0.05, 0.1) is 22.6 Å². The number of nitrogens with two attached hydrogens (primary N) is 1. The van der Waals surface area contributed by atoms with Crippen LogP contribution in [0.1, 0.15) is 28.3 Å². The Morgan fingerprint density at radius 2 is 2.16 bits per heavy atom. The van der Waals surface area contributed by atoms with Crippen LogP contribution >= 0.6 is 11.3 Å². The molecule has 3 N–H and O–H groups in total. The summed E-state index contributed by atoms with van der Waals surface area (Å²) in [7, 11) is -3.60. The number of hydrogen-bond acceptors (Lipinski definition) is 6. The minimum absolute atomic E-state index is 0.0987. The van der Waals surface area contributed by atoms with E-state index in [1.165, 1.54) is 11.4 Å². The molecule has 1 aliphatic rings. The van der Waals surface area contributed by atoms with Gasteiger partial charge in [-0.2, -0.15) is 0 Å². The zero-order valence-corrected chi connectivity index (χ0v) is 15.3. The van der Waals surface area contributed by atoms with Crippen molar-refractivity contribution in [2.24, 2.45) is 11.7 Å². The van der Waals surface area contributed by atoms with Crippen molar-refractivity contribution in [2.45, 2.75) is 24.3 Å². The van der Waals surface area contributed by atoms with E-state index in [0.717, 1.165) is 49.6 Å². The molecule has 2 aromatic rings. The topological polar surface area (TPSA) is 106 Å². The van der Waals surface area contributed by atoms with Crippen molar-refractivity contribution < 1.29 is 17.6 Å². The lowest BCUT2D eigenvalue weighted by atomic mass is 9.97. The Morgan fingerprint density at radius 1 is 1.40 bits per heavy atom. The Labute approximate surface area is 150 Å². The highest BCUT2D eigenvalue weighted by molar-refractivity contribution is 7.89. The Morgan fingerprint density at radius 3 is 2.76 bits per heavy atom. The number of amides is 1. The van der Waals surface area contributed by atoms with Crippen molar-refractivity contribution in [3.05, 3.63) is 40.5 Å². The number of rotatable bonds is 7. The third-order valence-corrected chi connectivity index (χ3v) is 6.85. The first-order chi connectivity index (χ1) is 11.9. The zero-order valence-electron chi connectivity index (χ0n) is 13.7. The first-order valence-corrected chi connectivity index (χ1v) is 10.4. The van der Waals surface area contributed by atoms with Crippen LogP contribution in [0.15, 0.2) is 39.2 Å². The highest BCUT2D eigenvalue weighted by Crippen LogP contribution is 2.21. The van der Waals surface area contributed by atoms with Gasteiger partial charge < -0.3 is 10.2 Å². The van der Waals surface area contributed by atoms with E-state index in [0.29, 0.717) is 12.5 Å². The summed E-state index contributed by atoms with van der Waals surface area (Å²) in [6.45, 7) is 3.02. The minimum atomic E-state index is -3.60. The van der Waals surface area contributed by atoms with Crippen LogP contribution in [-0.2, 0) is 16.6 Å². The van der Waals surface area contributed by atoms with Gasteiger partial charge >= 0.3 is 0 Å². The number of thiophene rings is 1. The molecule has 0 aliphatic carbocycles. The molecule has 0 atom stereocenters. The summed E-state index contributed by atoms with van der Waals surface area (Å²) in [6.07, 6.45) is 3.53. The molecule has 1 amide bonds. The number of carbonyl (C=O) groups is 1. The number of likely N-dealkylation sites (tertiary alicyclic amines) is 1. The number of furan rings is 1. The van der Waals surface area contributed by atoms with E-state index in [9.17, 15) is 13.2 Å². The summed E-state index contributed by atoms with van der Waals surface area (Å²) in [4.78, 5) is 13.7. The lowest BCUT2D eigenvalue weighted by molar-refractivity contribution is 0.100. The molecular weight excluding hydrogens is 362 g/mol. The molecule has 0 aromatic carbocycles. The number of carbonyl (C=O) groups excluding carboxylic acids is 1. The molecule has 9 heteroatoms. The maximum atomic E-state index is 12.3. The second-order valence-electron chi connectivity index (χ2n) is 6.16. The number of primary amides is 1. The van der Waals surface area contributed by atoms with Crippen LogP contribution in [0.3, 0.4) is 0 Å². The van der Waals surface area contributed by atoms with Crippen LogP contribution in [0.25, 0.3) is 0 Å². The molecule has 0 saturated carbocycles. The molecule has 0 bridgehead atoms. The van der Waals surface area contributed by atoms with E-state index >= 15 is 0 Å². The van der Waals surface area contributed by atoms with E-state index < -0.39 is 15.9 Å². The van der Waals surface area contributed by atoms with Gasteiger partial charge in [0.2, 0.25) is 10.0 Å². The Balaban J connectivity index is 1.48. The van der Waals surface area contributed by atoms with Crippen molar-refractivity contribution >= 4 is 27.3 Å². The van der Waals surface area contributed by atoms with E-state index in [1.807, 2.05) is 12.1 Å². The van der Waals surface area contributed by atoms with Gasteiger partial charge in [0.15, 0.2) is 0 Å². The second-order valence-corrected chi connectivity index (χ2v) is 8.84. The minimum Gasteiger partial charge on any atom is -0.468 e. The molecule has 3 rings (SSSR count). The van der Waals surface area contributed by atoms with E-state index in [-0.39, 0.29) is 9.77 Å². The van der Waals surface area contributed by atoms with Gasteiger partial charge in [-0.15, -0.1) is 11.3 Å².